The molecule has 20 heavy (non-hydrogen) atoms. The van der Waals surface area contributed by atoms with Crippen LogP contribution in [0.15, 0.2) is 18.7 Å². The molecule has 6 heteroatoms. The van der Waals surface area contributed by atoms with Crippen LogP contribution in [0.2, 0.25) is 0 Å². The minimum atomic E-state index is -0.986. The fraction of sp³-hybridized carbons (Fsp3) is 0.429. The van der Waals surface area contributed by atoms with Crippen LogP contribution >= 0.6 is 11.3 Å². The second kappa shape index (κ2) is 7.81. The molecule has 1 aromatic heterocycles. The minimum Gasteiger partial charge on any atom is -0.480 e. The lowest BCUT2D eigenvalue weighted by molar-refractivity contribution is -0.138. The standard InChI is InChI=1S/C14H20N2O3S/c1-9(2)11-6-7-12(20-11)13(17)16-8-4-3-5-10(15)14(18)19/h6-7,10H,1,3-5,8,15H2,2H3,(H,16,17)(H,18,19)/t10-/m0/s1. The number of nitrogens with two attached hydrogens (primary N) is 1. The Balaban J connectivity index is 2.26. The largest absolute Gasteiger partial charge is 0.480 e. The summed E-state index contributed by atoms with van der Waals surface area (Å²) in [4.78, 5) is 24.0. The summed E-state index contributed by atoms with van der Waals surface area (Å²) in [5.41, 5.74) is 6.33. The number of aliphatic carboxylic acids is 1. The van der Waals surface area contributed by atoms with E-state index in [1.165, 1.54) is 11.3 Å². The highest BCUT2D eigenvalue weighted by molar-refractivity contribution is 7.15. The van der Waals surface area contributed by atoms with Gasteiger partial charge in [-0.25, -0.2) is 0 Å². The van der Waals surface area contributed by atoms with Crippen LogP contribution in [0.5, 0.6) is 0 Å². The summed E-state index contributed by atoms with van der Waals surface area (Å²) >= 11 is 1.41. The number of unbranched alkanes of at least 4 members (excludes halogenated alkanes) is 1. The molecule has 1 heterocycles. The van der Waals surface area contributed by atoms with Crippen molar-refractivity contribution in [2.75, 3.05) is 6.54 Å². The lowest BCUT2D eigenvalue weighted by Crippen LogP contribution is -2.30. The van der Waals surface area contributed by atoms with E-state index in [0.717, 1.165) is 10.5 Å². The van der Waals surface area contributed by atoms with Crippen LogP contribution in [0.3, 0.4) is 0 Å². The lowest BCUT2D eigenvalue weighted by atomic mass is 10.1. The van der Waals surface area contributed by atoms with Crippen molar-refractivity contribution in [3.63, 3.8) is 0 Å². The van der Waals surface area contributed by atoms with E-state index in [-0.39, 0.29) is 5.91 Å². The van der Waals surface area contributed by atoms with Crippen molar-refractivity contribution in [1.29, 1.82) is 0 Å². The van der Waals surface area contributed by atoms with Crippen molar-refractivity contribution in [2.45, 2.75) is 32.2 Å². The third-order valence-corrected chi connectivity index (χ3v) is 4.04. The highest BCUT2D eigenvalue weighted by atomic mass is 32.1. The van der Waals surface area contributed by atoms with E-state index >= 15 is 0 Å². The molecule has 110 valence electrons. The highest BCUT2D eigenvalue weighted by Crippen LogP contribution is 2.22. The molecule has 0 spiro atoms. The van der Waals surface area contributed by atoms with Crippen molar-refractivity contribution in [3.05, 3.63) is 28.5 Å². The van der Waals surface area contributed by atoms with Gasteiger partial charge in [-0.15, -0.1) is 11.3 Å². The van der Waals surface area contributed by atoms with Gasteiger partial charge in [-0.05, 0) is 43.9 Å². The highest BCUT2D eigenvalue weighted by Gasteiger charge is 2.11. The third-order valence-electron chi connectivity index (χ3n) is 2.80. The Bertz CT molecular complexity index is 496. The molecular formula is C14H20N2O3S. The van der Waals surface area contributed by atoms with Gasteiger partial charge in [0.15, 0.2) is 0 Å². The van der Waals surface area contributed by atoms with Crippen molar-refractivity contribution in [3.8, 4) is 0 Å². The summed E-state index contributed by atoms with van der Waals surface area (Å²) in [7, 11) is 0. The van der Waals surface area contributed by atoms with Gasteiger partial charge < -0.3 is 16.2 Å². The molecule has 0 fully saturated rings. The number of rotatable bonds is 8. The van der Waals surface area contributed by atoms with Crippen molar-refractivity contribution >= 4 is 28.8 Å². The summed E-state index contributed by atoms with van der Waals surface area (Å²) in [5.74, 6) is -1.09. The fourth-order valence-corrected chi connectivity index (χ4v) is 2.44. The van der Waals surface area contributed by atoms with Gasteiger partial charge >= 0.3 is 5.97 Å². The van der Waals surface area contributed by atoms with Crippen LogP contribution < -0.4 is 11.1 Å². The molecule has 0 bridgehead atoms. The van der Waals surface area contributed by atoms with Crippen LogP contribution in [0.25, 0.3) is 5.57 Å². The van der Waals surface area contributed by atoms with Gasteiger partial charge in [-0.3, -0.25) is 9.59 Å². The molecule has 1 rings (SSSR count). The number of thiophene rings is 1. The number of allylic oxidation sites excluding steroid dienone is 1. The molecule has 0 aliphatic carbocycles. The van der Waals surface area contributed by atoms with Crippen molar-refractivity contribution < 1.29 is 14.7 Å². The topological polar surface area (TPSA) is 92.4 Å². The molecule has 0 aromatic carbocycles. The average Bonchev–Trinajstić information content (AvgIpc) is 2.87. The Morgan fingerprint density at radius 3 is 2.60 bits per heavy atom. The Hall–Kier alpha value is -1.66. The van der Waals surface area contributed by atoms with Crippen LogP contribution in [0, 0.1) is 0 Å². The Labute approximate surface area is 122 Å². The zero-order valence-electron chi connectivity index (χ0n) is 11.5. The van der Waals surface area contributed by atoms with Crippen molar-refractivity contribution in [1.82, 2.24) is 5.32 Å². The number of amides is 1. The predicted octanol–water partition coefficient (Wildman–Crippen LogP) is 2.09. The van der Waals surface area contributed by atoms with E-state index in [4.69, 9.17) is 10.8 Å². The summed E-state index contributed by atoms with van der Waals surface area (Å²) in [5, 5.41) is 11.4. The molecule has 0 saturated carbocycles. The van der Waals surface area contributed by atoms with E-state index in [0.29, 0.717) is 30.7 Å². The van der Waals surface area contributed by atoms with Gasteiger partial charge in [-0.1, -0.05) is 6.58 Å². The first-order valence-corrected chi connectivity index (χ1v) is 7.25. The first-order chi connectivity index (χ1) is 9.41. The number of carboxylic acid groups (broad SMARTS) is 1. The summed E-state index contributed by atoms with van der Waals surface area (Å²) in [6.45, 7) is 6.26. The zero-order chi connectivity index (χ0) is 15.1. The van der Waals surface area contributed by atoms with Gasteiger partial charge in [0.1, 0.15) is 6.04 Å². The fourth-order valence-electron chi connectivity index (χ4n) is 1.59. The predicted molar refractivity (Wildman–Crippen MR) is 80.8 cm³/mol. The SMILES string of the molecule is C=C(C)c1ccc(C(=O)NCCCC[C@H](N)C(=O)O)s1. The van der Waals surface area contributed by atoms with E-state index in [2.05, 4.69) is 11.9 Å². The Kier molecular flexibility index (Phi) is 6.41. The molecule has 0 unspecified atom stereocenters. The molecule has 1 amide bonds. The van der Waals surface area contributed by atoms with E-state index < -0.39 is 12.0 Å². The maximum Gasteiger partial charge on any atom is 0.320 e. The molecule has 0 aliphatic rings. The molecule has 1 aromatic rings. The number of carbonyl (C=O) groups excluding carboxylic acids is 1. The van der Waals surface area contributed by atoms with Gasteiger partial charge in [0.25, 0.3) is 5.91 Å². The van der Waals surface area contributed by atoms with Gasteiger partial charge in [-0.2, -0.15) is 0 Å². The van der Waals surface area contributed by atoms with E-state index in [1.807, 2.05) is 13.0 Å². The molecule has 0 saturated heterocycles. The molecule has 5 nitrogen and oxygen atoms in total. The van der Waals surface area contributed by atoms with Crippen molar-refractivity contribution in [2.24, 2.45) is 5.73 Å². The first-order valence-electron chi connectivity index (χ1n) is 6.44. The smallest absolute Gasteiger partial charge is 0.320 e. The number of nitrogens with one attached hydrogen (secondary N) is 1. The van der Waals surface area contributed by atoms with E-state index in [1.54, 1.807) is 6.07 Å². The minimum absolute atomic E-state index is 0.106. The zero-order valence-corrected chi connectivity index (χ0v) is 12.3. The van der Waals surface area contributed by atoms with Gasteiger partial charge in [0.2, 0.25) is 0 Å². The molecule has 0 aliphatic heterocycles. The quantitative estimate of drug-likeness (QED) is 0.640. The molecule has 1 atom stereocenters. The normalized spacial score (nSPS) is 11.9. The Morgan fingerprint density at radius 2 is 2.05 bits per heavy atom. The first kappa shape index (κ1) is 16.4. The monoisotopic (exact) mass is 296 g/mol. The molecule has 0 radical (unpaired) electrons. The summed E-state index contributed by atoms with van der Waals surface area (Å²) in [6.07, 6.45) is 1.81. The van der Waals surface area contributed by atoms with Crippen LogP contribution in [-0.4, -0.2) is 29.6 Å². The molecular weight excluding hydrogens is 276 g/mol. The van der Waals surface area contributed by atoms with Crippen LogP contribution in [0.4, 0.5) is 0 Å². The second-order valence-electron chi connectivity index (χ2n) is 4.64. The maximum absolute atomic E-state index is 11.8. The van der Waals surface area contributed by atoms with E-state index in [9.17, 15) is 9.59 Å². The number of hydrogen-bond acceptors (Lipinski definition) is 4. The molecule has 4 N–H and O–H groups in total. The number of hydrogen-bond donors (Lipinski definition) is 3. The summed E-state index contributed by atoms with van der Waals surface area (Å²) in [6, 6.07) is 2.85. The lowest BCUT2D eigenvalue weighted by Gasteiger charge is -2.06. The van der Waals surface area contributed by atoms with Crippen LogP contribution in [-0.2, 0) is 4.79 Å². The Morgan fingerprint density at radius 1 is 1.40 bits per heavy atom. The average molecular weight is 296 g/mol. The third kappa shape index (κ3) is 5.14. The number of carbonyl (C=O) groups is 2. The van der Waals surface area contributed by atoms with Crippen LogP contribution in [0.1, 0.15) is 40.7 Å². The second-order valence-corrected chi connectivity index (χ2v) is 5.72. The number of carboxylic acids is 1. The maximum atomic E-state index is 11.8. The van der Waals surface area contributed by atoms with Gasteiger partial charge in [0, 0.05) is 11.4 Å². The van der Waals surface area contributed by atoms with Gasteiger partial charge in [0.05, 0.1) is 4.88 Å². The summed E-state index contributed by atoms with van der Waals surface area (Å²) < 4.78 is 0.